The molecule has 1 aliphatic heterocycles. The number of likely N-dealkylation sites (N-methyl/N-ethyl adjacent to an activating group) is 1. The first-order valence-electron chi connectivity index (χ1n) is 6.06. The molecule has 1 aromatic carbocycles. The van der Waals surface area contributed by atoms with Crippen molar-refractivity contribution in [1.29, 1.82) is 0 Å². The SMILES string of the molecule is CNC(C)/C(C)=C/c1cc(Br)c2c(c1)OCCO2. The van der Waals surface area contributed by atoms with Gasteiger partial charge in [0, 0.05) is 6.04 Å². The Morgan fingerprint density at radius 1 is 1.39 bits per heavy atom. The zero-order chi connectivity index (χ0) is 13.1. The second-order valence-corrected chi connectivity index (χ2v) is 5.28. The maximum absolute atomic E-state index is 5.61. The van der Waals surface area contributed by atoms with Crippen molar-refractivity contribution in [2.75, 3.05) is 20.3 Å². The predicted octanol–water partition coefficient (Wildman–Crippen LogP) is 3.23. The Bertz CT molecular complexity index is 471. The van der Waals surface area contributed by atoms with E-state index in [1.807, 2.05) is 13.1 Å². The topological polar surface area (TPSA) is 30.5 Å². The summed E-state index contributed by atoms with van der Waals surface area (Å²) in [6, 6.07) is 4.43. The maximum Gasteiger partial charge on any atom is 0.175 e. The van der Waals surface area contributed by atoms with E-state index < -0.39 is 0 Å². The van der Waals surface area contributed by atoms with Crippen LogP contribution in [0.2, 0.25) is 0 Å². The molecule has 0 amide bonds. The van der Waals surface area contributed by atoms with Crippen molar-refractivity contribution in [1.82, 2.24) is 5.32 Å². The molecule has 1 aromatic rings. The fourth-order valence-corrected chi connectivity index (χ4v) is 2.40. The number of ether oxygens (including phenoxy) is 2. The Kier molecular flexibility index (Phi) is 4.30. The zero-order valence-electron chi connectivity index (χ0n) is 10.9. The Morgan fingerprint density at radius 2 is 2.11 bits per heavy atom. The number of hydrogen-bond donors (Lipinski definition) is 1. The van der Waals surface area contributed by atoms with Crippen LogP contribution in [0.4, 0.5) is 0 Å². The molecule has 1 heterocycles. The summed E-state index contributed by atoms with van der Waals surface area (Å²) in [6.07, 6.45) is 2.16. The molecule has 0 fully saturated rings. The van der Waals surface area contributed by atoms with Gasteiger partial charge in [0.2, 0.25) is 0 Å². The van der Waals surface area contributed by atoms with E-state index in [-0.39, 0.29) is 0 Å². The summed E-state index contributed by atoms with van der Waals surface area (Å²) in [5, 5.41) is 3.23. The van der Waals surface area contributed by atoms with Crippen LogP contribution < -0.4 is 14.8 Å². The predicted molar refractivity (Wildman–Crippen MR) is 77.3 cm³/mol. The molecule has 0 radical (unpaired) electrons. The van der Waals surface area contributed by atoms with Gasteiger partial charge in [-0.2, -0.15) is 0 Å². The van der Waals surface area contributed by atoms with Crippen LogP contribution in [0.15, 0.2) is 22.2 Å². The summed E-state index contributed by atoms with van der Waals surface area (Å²) in [6.45, 7) is 5.47. The van der Waals surface area contributed by atoms with Crippen molar-refractivity contribution in [3.63, 3.8) is 0 Å². The lowest BCUT2D eigenvalue weighted by Gasteiger charge is -2.20. The number of nitrogens with one attached hydrogen (secondary N) is 1. The molecular weight excluding hydrogens is 294 g/mol. The number of rotatable bonds is 3. The van der Waals surface area contributed by atoms with Crippen molar-refractivity contribution in [3.8, 4) is 11.5 Å². The van der Waals surface area contributed by atoms with E-state index in [2.05, 4.69) is 47.2 Å². The second kappa shape index (κ2) is 5.76. The summed E-state index contributed by atoms with van der Waals surface area (Å²) < 4.78 is 12.1. The van der Waals surface area contributed by atoms with Crippen molar-refractivity contribution >= 4 is 22.0 Å². The molecule has 2 rings (SSSR count). The highest BCUT2D eigenvalue weighted by Gasteiger charge is 2.15. The lowest BCUT2D eigenvalue weighted by Crippen LogP contribution is -2.22. The van der Waals surface area contributed by atoms with E-state index in [1.165, 1.54) is 5.57 Å². The van der Waals surface area contributed by atoms with Gasteiger partial charge in [-0.25, -0.2) is 0 Å². The van der Waals surface area contributed by atoms with Crippen molar-refractivity contribution in [2.24, 2.45) is 0 Å². The van der Waals surface area contributed by atoms with Crippen LogP contribution >= 0.6 is 15.9 Å². The van der Waals surface area contributed by atoms with E-state index >= 15 is 0 Å². The van der Waals surface area contributed by atoms with E-state index in [9.17, 15) is 0 Å². The summed E-state index contributed by atoms with van der Waals surface area (Å²) in [7, 11) is 1.96. The lowest BCUT2D eigenvalue weighted by molar-refractivity contribution is 0.170. The summed E-state index contributed by atoms with van der Waals surface area (Å²) in [5.41, 5.74) is 2.40. The third-order valence-corrected chi connectivity index (χ3v) is 3.72. The molecule has 0 saturated carbocycles. The van der Waals surface area contributed by atoms with Crippen LogP contribution in [0.25, 0.3) is 6.08 Å². The third kappa shape index (κ3) is 2.87. The van der Waals surface area contributed by atoms with Crippen LogP contribution in [-0.2, 0) is 0 Å². The minimum Gasteiger partial charge on any atom is -0.486 e. The van der Waals surface area contributed by atoms with Gasteiger partial charge in [-0.15, -0.1) is 0 Å². The molecule has 0 spiro atoms. The summed E-state index contributed by atoms with van der Waals surface area (Å²) in [5.74, 6) is 1.62. The molecule has 1 N–H and O–H groups in total. The summed E-state index contributed by atoms with van der Waals surface area (Å²) >= 11 is 3.53. The van der Waals surface area contributed by atoms with Gasteiger partial charge in [-0.05, 0) is 54.5 Å². The van der Waals surface area contributed by atoms with Gasteiger partial charge in [-0.1, -0.05) is 11.6 Å². The van der Waals surface area contributed by atoms with E-state index in [0.717, 1.165) is 21.5 Å². The number of benzene rings is 1. The van der Waals surface area contributed by atoms with Crippen molar-refractivity contribution < 1.29 is 9.47 Å². The van der Waals surface area contributed by atoms with Crippen LogP contribution in [0.3, 0.4) is 0 Å². The van der Waals surface area contributed by atoms with Crippen LogP contribution in [0.1, 0.15) is 19.4 Å². The molecule has 0 saturated heterocycles. The molecule has 18 heavy (non-hydrogen) atoms. The zero-order valence-corrected chi connectivity index (χ0v) is 12.5. The van der Waals surface area contributed by atoms with Crippen LogP contribution in [-0.4, -0.2) is 26.3 Å². The van der Waals surface area contributed by atoms with Crippen LogP contribution in [0, 0.1) is 0 Å². The van der Waals surface area contributed by atoms with E-state index in [1.54, 1.807) is 0 Å². The fourth-order valence-electron chi connectivity index (χ4n) is 1.83. The number of fused-ring (bicyclic) bond motifs is 1. The molecule has 1 unspecified atom stereocenters. The standard InChI is InChI=1S/C14H18BrNO2/c1-9(10(2)16-3)6-11-7-12(15)14-13(8-11)17-4-5-18-14/h6-8,10,16H,4-5H2,1-3H3/b9-6+. The molecule has 1 atom stereocenters. The van der Waals surface area contributed by atoms with Gasteiger partial charge in [0.1, 0.15) is 13.2 Å². The Morgan fingerprint density at radius 3 is 2.83 bits per heavy atom. The highest BCUT2D eigenvalue weighted by molar-refractivity contribution is 9.10. The quantitative estimate of drug-likeness (QED) is 0.929. The fraction of sp³-hybridized carbons (Fsp3) is 0.429. The summed E-state index contributed by atoms with van der Waals surface area (Å²) in [4.78, 5) is 0. The first-order valence-corrected chi connectivity index (χ1v) is 6.85. The van der Waals surface area contributed by atoms with Gasteiger partial charge in [0.05, 0.1) is 4.47 Å². The van der Waals surface area contributed by atoms with Gasteiger partial charge in [-0.3, -0.25) is 0 Å². The smallest absolute Gasteiger partial charge is 0.175 e. The molecule has 98 valence electrons. The molecule has 0 aromatic heterocycles. The van der Waals surface area contributed by atoms with Gasteiger partial charge in [0.25, 0.3) is 0 Å². The second-order valence-electron chi connectivity index (χ2n) is 4.43. The minimum absolute atomic E-state index is 0.358. The molecule has 0 bridgehead atoms. The molecular formula is C14H18BrNO2. The van der Waals surface area contributed by atoms with Crippen molar-refractivity contribution in [3.05, 3.63) is 27.7 Å². The van der Waals surface area contributed by atoms with Gasteiger partial charge in [0.15, 0.2) is 11.5 Å². The monoisotopic (exact) mass is 311 g/mol. The minimum atomic E-state index is 0.358. The maximum atomic E-state index is 5.61. The molecule has 4 heteroatoms. The van der Waals surface area contributed by atoms with Gasteiger partial charge < -0.3 is 14.8 Å². The first kappa shape index (κ1) is 13.4. The first-order chi connectivity index (χ1) is 8.61. The number of halogens is 1. The highest BCUT2D eigenvalue weighted by Crippen LogP contribution is 2.39. The molecule has 1 aliphatic rings. The lowest BCUT2D eigenvalue weighted by atomic mass is 10.1. The highest BCUT2D eigenvalue weighted by atomic mass is 79.9. The Hall–Kier alpha value is -1.00. The Balaban J connectivity index is 2.33. The average Bonchev–Trinajstić information content (AvgIpc) is 2.37. The largest absolute Gasteiger partial charge is 0.486 e. The molecule has 0 aliphatic carbocycles. The molecule has 3 nitrogen and oxygen atoms in total. The number of hydrogen-bond acceptors (Lipinski definition) is 3. The van der Waals surface area contributed by atoms with E-state index in [4.69, 9.17) is 9.47 Å². The Labute approximate surface area is 116 Å². The van der Waals surface area contributed by atoms with Crippen molar-refractivity contribution in [2.45, 2.75) is 19.9 Å². The van der Waals surface area contributed by atoms with E-state index in [0.29, 0.717) is 19.3 Å². The normalized spacial score (nSPS) is 16.6. The third-order valence-electron chi connectivity index (χ3n) is 3.13. The van der Waals surface area contributed by atoms with Gasteiger partial charge >= 0.3 is 0 Å². The average molecular weight is 312 g/mol. The van der Waals surface area contributed by atoms with Crippen LogP contribution in [0.5, 0.6) is 11.5 Å².